The van der Waals surface area contributed by atoms with Crippen LogP contribution in [-0.4, -0.2) is 10.9 Å². The summed E-state index contributed by atoms with van der Waals surface area (Å²) in [7, 11) is 0. The summed E-state index contributed by atoms with van der Waals surface area (Å²) in [5, 5.41) is 3.00. The van der Waals surface area contributed by atoms with Gasteiger partial charge in [0.25, 0.3) is 5.91 Å². The zero-order valence-electron chi connectivity index (χ0n) is 10.3. The van der Waals surface area contributed by atoms with E-state index in [1.54, 1.807) is 13.8 Å². The van der Waals surface area contributed by atoms with E-state index in [4.69, 9.17) is 5.73 Å². The predicted molar refractivity (Wildman–Crippen MR) is 70.3 cm³/mol. The number of benzene rings is 1. The largest absolute Gasteiger partial charge is 0.397 e. The van der Waals surface area contributed by atoms with Gasteiger partial charge in [0.1, 0.15) is 10.6 Å². The molecular weight excluding hydrogens is 272 g/mol. The molecule has 0 unspecified atom stereocenters. The molecule has 2 rings (SSSR count). The van der Waals surface area contributed by atoms with Crippen molar-refractivity contribution in [2.24, 2.45) is 0 Å². The molecule has 19 heavy (non-hydrogen) atoms. The summed E-state index contributed by atoms with van der Waals surface area (Å²) in [4.78, 5) is 16.4. The molecule has 0 bridgehead atoms. The normalized spacial score (nSPS) is 10.5. The summed E-state index contributed by atoms with van der Waals surface area (Å²) < 4.78 is 26.7. The van der Waals surface area contributed by atoms with Crippen LogP contribution in [0.5, 0.6) is 0 Å². The molecule has 0 atom stereocenters. The zero-order valence-corrected chi connectivity index (χ0v) is 11.1. The minimum absolute atomic E-state index is 0.0360. The number of anilines is 2. The first-order valence-electron chi connectivity index (χ1n) is 5.39. The van der Waals surface area contributed by atoms with Crippen molar-refractivity contribution in [1.82, 2.24) is 4.98 Å². The van der Waals surface area contributed by atoms with E-state index in [-0.39, 0.29) is 11.4 Å². The Labute approximate surface area is 112 Å². The van der Waals surface area contributed by atoms with Crippen LogP contribution in [0.4, 0.5) is 20.2 Å². The maximum Gasteiger partial charge on any atom is 0.267 e. The lowest BCUT2D eigenvalue weighted by Crippen LogP contribution is -2.15. The number of halogens is 2. The fourth-order valence-electron chi connectivity index (χ4n) is 1.60. The van der Waals surface area contributed by atoms with Gasteiger partial charge < -0.3 is 11.1 Å². The molecule has 4 nitrogen and oxygen atoms in total. The summed E-state index contributed by atoms with van der Waals surface area (Å²) in [6, 6.07) is 2.10. The molecule has 3 N–H and O–H groups in total. The van der Waals surface area contributed by atoms with E-state index in [2.05, 4.69) is 10.3 Å². The Morgan fingerprint density at radius 2 is 2.05 bits per heavy atom. The molecular formula is C12H11F2N3OS. The van der Waals surface area contributed by atoms with Gasteiger partial charge >= 0.3 is 0 Å². The molecule has 2 aromatic rings. The van der Waals surface area contributed by atoms with Crippen LogP contribution in [0.25, 0.3) is 0 Å². The highest BCUT2D eigenvalue weighted by atomic mass is 32.1. The van der Waals surface area contributed by atoms with Crippen LogP contribution in [0.1, 0.15) is 20.4 Å². The maximum absolute atomic E-state index is 13.6. The summed E-state index contributed by atoms with van der Waals surface area (Å²) in [5.41, 5.74) is 5.68. The minimum Gasteiger partial charge on any atom is -0.397 e. The van der Waals surface area contributed by atoms with Gasteiger partial charge in [0, 0.05) is 0 Å². The van der Waals surface area contributed by atoms with Gasteiger partial charge in [0.15, 0.2) is 11.6 Å². The fraction of sp³-hybridized carbons (Fsp3) is 0.167. The number of hydrogen-bond acceptors (Lipinski definition) is 4. The van der Waals surface area contributed by atoms with Gasteiger partial charge in [-0.3, -0.25) is 4.79 Å². The molecule has 1 aromatic heterocycles. The van der Waals surface area contributed by atoms with Crippen LogP contribution in [0.3, 0.4) is 0 Å². The Kier molecular flexibility index (Phi) is 3.48. The van der Waals surface area contributed by atoms with Crippen LogP contribution in [0.15, 0.2) is 12.1 Å². The number of amides is 1. The second-order valence-electron chi connectivity index (χ2n) is 3.93. The van der Waals surface area contributed by atoms with Crippen LogP contribution in [0.2, 0.25) is 0 Å². The van der Waals surface area contributed by atoms with Gasteiger partial charge in [-0.15, -0.1) is 11.3 Å². The molecule has 1 aromatic carbocycles. The van der Waals surface area contributed by atoms with E-state index in [9.17, 15) is 13.6 Å². The second kappa shape index (κ2) is 4.93. The molecule has 0 aliphatic rings. The van der Waals surface area contributed by atoms with E-state index in [1.807, 2.05) is 0 Å². The van der Waals surface area contributed by atoms with E-state index in [0.29, 0.717) is 10.6 Å². The number of thiazole rings is 1. The average Bonchev–Trinajstić information content (AvgIpc) is 2.69. The summed E-state index contributed by atoms with van der Waals surface area (Å²) in [5.74, 6) is -2.80. The molecule has 0 saturated carbocycles. The van der Waals surface area contributed by atoms with Crippen LogP contribution in [-0.2, 0) is 0 Å². The van der Waals surface area contributed by atoms with Crippen molar-refractivity contribution >= 4 is 28.6 Å². The first-order valence-corrected chi connectivity index (χ1v) is 6.20. The van der Waals surface area contributed by atoms with E-state index in [1.165, 1.54) is 17.4 Å². The summed E-state index contributed by atoms with van der Waals surface area (Å²) >= 11 is 1.18. The Morgan fingerprint density at radius 1 is 1.37 bits per heavy atom. The summed E-state index contributed by atoms with van der Waals surface area (Å²) in [6.07, 6.45) is 0. The molecule has 0 fully saturated rings. The number of carbonyl (C=O) groups is 1. The lowest BCUT2D eigenvalue weighted by Gasteiger charge is -2.09. The molecule has 0 saturated heterocycles. The first-order chi connectivity index (χ1) is 8.90. The van der Waals surface area contributed by atoms with E-state index in [0.717, 1.165) is 11.1 Å². The van der Waals surface area contributed by atoms with Gasteiger partial charge in [-0.2, -0.15) is 0 Å². The summed E-state index contributed by atoms with van der Waals surface area (Å²) in [6.45, 7) is 3.43. The molecule has 0 radical (unpaired) electrons. The van der Waals surface area contributed by atoms with Gasteiger partial charge in [-0.05, 0) is 26.0 Å². The highest BCUT2D eigenvalue weighted by Gasteiger charge is 2.18. The van der Waals surface area contributed by atoms with E-state index < -0.39 is 17.5 Å². The number of aryl methyl sites for hydroxylation is 2. The third kappa shape index (κ3) is 2.55. The van der Waals surface area contributed by atoms with Crippen molar-refractivity contribution in [2.45, 2.75) is 13.8 Å². The van der Waals surface area contributed by atoms with Gasteiger partial charge in [-0.1, -0.05) is 0 Å². The lowest BCUT2D eigenvalue weighted by molar-refractivity contribution is 0.102. The molecule has 0 aliphatic heterocycles. The molecule has 0 spiro atoms. The SMILES string of the molecule is Cc1nc(C)c(C(=O)Nc2c(N)ccc(F)c2F)s1. The molecule has 7 heteroatoms. The zero-order chi connectivity index (χ0) is 14.2. The predicted octanol–water partition coefficient (Wildman–Crippen LogP) is 2.87. The Bertz CT molecular complexity index is 655. The fourth-order valence-corrected chi connectivity index (χ4v) is 2.42. The topological polar surface area (TPSA) is 68.0 Å². The third-order valence-electron chi connectivity index (χ3n) is 2.48. The number of rotatable bonds is 2. The number of nitrogens with one attached hydrogen (secondary N) is 1. The second-order valence-corrected chi connectivity index (χ2v) is 5.13. The van der Waals surface area contributed by atoms with Gasteiger partial charge in [0.2, 0.25) is 0 Å². The molecule has 0 aliphatic carbocycles. The minimum atomic E-state index is -1.17. The lowest BCUT2D eigenvalue weighted by atomic mass is 10.2. The molecule has 100 valence electrons. The van der Waals surface area contributed by atoms with Crippen molar-refractivity contribution in [3.8, 4) is 0 Å². The number of nitrogens with two attached hydrogens (primary N) is 1. The number of carbonyl (C=O) groups excluding carboxylic acids is 1. The molecule has 1 heterocycles. The van der Waals surface area contributed by atoms with Crippen LogP contribution in [0, 0.1) is 25.5 Å². The van der Waals surface area contributed by atoms with Gasteiger partial charge in [-0.25, -0.2) is 13.8 Å². The Balaban J connectivity index is 2.34. The highest BCUT2D eigenvalue weighted by Crippen LogP contribution is 2.26. The van der Waals surface area contributed by atoms with Crippen molar-refractivity contribution < 1.29 is 13.6 Å². The standard InChI is InChI=1S/C12H11F2N3OS/c1-5-11(19-6(2)16-5)12(18)17-10-8(15)4-3-7(13)9(10)14/h3-4H,15H2,1-2H3,(H,17,18). The maximum atomic E-state index is 13.6. The van der Waals surface area contributed by atoms with Crippen molar-refractivity contribution in [2.75, 3.05) is 11.1 Å². The quantitative estimate of drug-likeness (QED) is 0.833. The van der Waals surface area contributed by atoms with Crippen molar-refractivity contribution in [3.63, 3.8) is 0 Å². The number of nitrogen functional groups attached to an aromatic ring is 1. The highest BCUT2D eigenvalue weighted by molar-refractivity contribution is 7.13. The number of nitrogens with zero attached hydrogens (tertiary/aromatic N) is 1. The van der Waals surface area contributed by atoms with Gasteiger partial charge in [0.05, 0.1) is 16.4 Å². The number of aromatic nitrogens is 1. The number of hydrogen-bond donors (Lipinski definition) is 2. The van der Waals surface area contributed by atoms with Crippen LogP contribution < -0.4 is 11.1 Å². The third-order valence-corrected chi connectivity index (χ3v) is 3.55. The van der Waals surface area contributed by atoms with Crippen molar-refractivity contribution in [1.29, 1.82) is 0 Å². The molecule has 1 amide bonds. The monoisotopic (exact) mass is 283 g/mol. The van der Waals surface area contributed by atoms with Crippen LogP contribution >= 0.6 is 11.3 Å². The Morgan fingerprint density at radius 3 is 2.63 bits per heavy atom. The smallest absolute Gasteiger partial charge is 0.267 e. The Hall–Kier alpha value is -2.02. The first kappa shape index (κ1) is 13.4. The average molecular weight is 283 g/mol. The van der Waals surface area contributed by atoms with E-state index >= 15 is 0 Å². The van der Waals surface area contributed by atoms with Crippen molar-refractivity contribution in [3.05, 3.63) is 39.3 Å².